The van der Waals surface area contributed by atoms with Gasteiger partial charge >= 0.3 is 0 Å². The number of nitriles is 2. The van der Waals surface area contributed by atoms with Gasteiger partial charge in [0.05, 0.1) is 11.6 Å². The van der Waals surface area contributed by atoms with Crippen LogP contribution in [0.4, 0.5) is 0 Å². The first-order valence-electron chi connectivity index (χ1n) is 14.7. The molecule has 0 saturated heterocycles. The Bertz CT molecular complexity index is 1150. The molecule has 0 spiro atoms. The molecule has 0 aliphatic heterocycles. The number of carbonyl (C=O) groups is 2. The van der Waals surface area contributed by atoms with Gasteiger partial charge in [0, 0.05) is 24.2 Å². The molecule has 4 saturated carbocycles. The summed E-state index contributed by atoms with van der Waals surface area (Å²) >= 11 is 0. The molecule has 4 nitrogen and oxygen atoms in total. The summed E-state index contributed by atoms with van der Waals surface area (Å²) in [6.45, 7) is 15.9. The number of allylic oxidation sites excluding steroid dienone is 2. The minimum atomic E-state index is -0.594. The zero-order valence-corrected chi connectivity index (χ0v) is 24.2. The number of nitrogens with zero attached hydrogens (tertiary/aromatic N) is 2. The fourth-order valence-electron chi connectivity index (χ4n) is 11.2. The topological polar surface area (TPSA) is 81.7 Å². The fraction of sp³-hybridized carbons (Fsp3) is 0.818. The number of rotatable bonds is 2. The Labute approximate surface area is 224 Å². The van der Waals surface area contributed by atoms with Crippen LogP contribution in [0.1, 0.15) is 113 Å². The molecule has 5 aliphatic carbocycles. The molecule has 0 radical (unpaired) electrons. The number of Topliss-reactive ketones (excluding diaryl/α,β-unsaturated/α-hetero) is 2. The van der Waals surface area contributed by atoms with Gasteiger partial charge in [-0.05, 0) is 96.2 Å². The van der Waals surface area contributed by atoms with Crippen molar-refractivity contribution in [1.29, 1.82) is 10.5 Å². The van der Waals surface area contributed by atoms with E-state index in [-0.39, 0.29) is 50.6 Å². The third-order valence-electron chi connectivity index (χ3n) is 13.4. The Morgan fingerprint density at radius 2 is 1.57 bits per heavy atom. The highest BCUT2D eigenvalue weighted by atomic mass is 16.1. The summed E-state index contributed by atoms with van der Waals surface area (Å²) in [6.07, 6.45) is 11.6. The van der Waals surface area contributed by atoms with Gasteiger partial charge in [-0.15, -0.1) is 0 Å². The molecule has 0 heterocycles. The van der Waals surface area contributed by atoms with Crippen LogP contribution >= 0.6 is 0 Å². The van der Waals surface area contributed by atoms with Gasteiger partial charge < -0.3 is 0 Å². The summed E-state index contributed by atoms with van der Waals surface area (Å²) in [4.78, 5) is 27.7. The fourth-order valence-corrected chi connectivity index (χ4v) is 11.2. The van der Waals surface area contributed by atoms with Crippen molar-refractivity contribution in [1.82, 2.24) is 0 Å². The molecule has 0 unspecified atom stereocenters. The highest BCUT2D eigenvalue weighted by Crippen LogP contribution is 2.76. The van der Waals surface area contributed by atoms with Crippen molar-refractivity contribution in [2.24, 2.45) is 56.2 Å². The van der Waals surface area contributed by atoms with Crippen LogP contribution in [-0.4, -0.2) is 11.6 Å². The number of carbonyl (C=O) groups excluding carboxylic acids is 2. The SMILES string of the molecule is CC1(C)CC[C@]2(CCC#N)CC[C@]3(C)[C@H](C(=O)C[C@@H]4[C@@]5(C)C=C(C#N)C(=O)C(C)(C)[C@@H]5CC[C@]43C)[C@@H]2C1. The van der Waals surface area contributed by atoms with Crippen LogP contribution in [0.25, 0.3) is 0 Å². The Kier molecular flexibility index (Phi) is 5.79. The Morgan fingerprint density at radius 1 is 0.892 bits per heavy atom. The van der Waals surface area contributed by atoms with Crippen LogP contribution < -0.4 is 0 Å². The quantitative estimate of drug-likeness (QED) is 0.389. The Hall–Kier alpha value is -1.94. The second-order valence-electron chi connectivity index (χ2n) is 15.7. The van der Waals surface area contributed by atoms with Crippen molar-refractivity contribution in [3.8, 4) is 12.1 Å². The van der Waals surface area contributed by atoms with E-state index >= 15 is 0 Å². The molecular formula is C33H46N2O2. The lowest BCUT2D eigenvalue weighted by molar-refractivity contribution is -0.223. The predicted octanol–water partition coefficient (Wildman–Crippen LogP) is 7.59. The van der Waals surface area contributed by atoms with E-state index in [4.69, 9.17) is 0 Å². The summed E-state index contributed by atoms with van der Waals surface area (Å²) in [5.74, 6) is 1.04. The third kappa shape index (κ3) is 3.36. The monoisotopic (exact) mass is 502 g/mol. The van der Waals surface area contributed by atoms with Gasteiger partial charge in [0.1, 0.15) is 11.9 Å². The molecule has 4 fully saturated rings. The molecule has 0 aromatic rings. The molecular weight excluding hydrogens is 456 g/mol. The summed E-state index contributed by atoms with van der Waals surface area (Å²) < 4.78 is 0. The standard InChI is InChI=1S/C33H46N2O2/c1-28(2)12-14-33(10-8-16-34)15-13-32(7)26(22(33)19-28)23(36)17-25-30(5)18-21(20-35)27(37)29(3,4)24(30)9-11-31(25,32)6/h18,22,24-26H,8-15,17,19H2,1-7H3/t22-,24-,25+,26-,30-,31+,32+,33+/m0/s1. The molecule has 0 aromatic heterocycles. The van der Waals surface area contributed by atoms with E-state index in [0.29, 0.717) is 30.1 Å². The van der Waals surface area contributed by atoms with Crippen LogP contribution in [0.15, 0.2) is 11.6 Å². The van der Waals surface area contributed by atoms with E-state index in [1.165, 1.54) is 6.42 Å². The summed E-state index contributed by atoms with van der Waals surface area (Å²) in [7, 11) is 0. The van der Waals surface area contributed by atoms with Crippen LogP contribution in [0.3, 0.4) is 0 Å². The molecule has 0 bridgehead atoms. The van der Waals surface area contributed by atoms with Gasteiger partial charge in [-0.3, -0.25) is 9.59 Å². The van der Waals surface area contributed by atoms with Gasteiger partial charge in [0.25, 0.3) is 0 Å². The minimum absolute atomic E-state index is 0.0308. The van der Waals surface area contributed by atoms with E-state index in [0.717, 1.165) is 44.9 Å². The van der Waals surface area contributed by atoms with E-state index in [1.54, 1.807) is 0 Å². The van der Waals surface area contributed by atoms with E-state index in [9.17, 15) is 20.1 Å². The number of hydrogen-bond acceptors (Lipinski definition) is 4. The Balaban J connectivity index is 1.62. The average molecular weight is 503 g/mol. The zero-order chi connectivity index (χ0) is 27.2. The van der Waals surface area contributed by atoms with Gasteiger partial charge in [-0.2, -0.15) is 10.5 Å². The van der Waals surface area contributed by atoms with Crippen molar-refractivity contribution >= 4 is 11.6 Å². The largest absolute Gasteiger partial charge is 0.299 e. The van der Waals surface area contributed by atoms with E-state index < -0.39 is 5.41 Å². The molecule has 200 valence electrons. The molecule has 5 aliphatic rings. The molecule has 5 rings (SSSR count). The molecule has 37 heavy (non-hydrogen) atoms. The van der Waals surface area contributed by atoms with E-state index in [2.05, 4.69) is 46.8 Å². The van der Waals surface area contributed by atoms with Crippen molar-refractivity contribution in [2.45, 2.75) is 113 Å². The van der Waals surface area contributed by atoms with Gasteiger partial charge in [0.2, 0.25) is 0 Å². The van der Waals surface area contributed by atoms with Crippen LogP contribution in [0.2, 0.25) is 0 Å². The normalized spacial score (nSPS) is 47.8. The Morgan fingerprint density at radius 3 is 2.22 bits per heavy atom. The zero-order valence-electron chi connectivity index (χ0n) is 24.2. The maximum absolute atomic E-state index is 14.5. The van der Waals surface area contributed by atoms with Gasteiger partial charge in [-0.25, -0.2) is 0 Å². The van der Waals surface area contributed by atoms with Crippen molar-refractivity contribution < 1.29 is 9.59 Å². The molecule has 0 amide bonds. The smallest absolute Gasteiger partial charge is 0.178 e. The summed E-state index contributed by atoms with van der Waals surface area (Å²) in [6, 6.07) is 4.64. The lowest BCUT2D eigenvalue weighted by Gasteiger charge is -2.72. The second kappa shape index (κ2) is 8.04. The highest BCUT2D eigenvalue weighted by Gasteiger charge is 2.72. The van der Waals surface area contributed by atoms with Crippen LogP contribution in [0.5, 0.6) is 0 Å². The highest BCUT2D eigenvalue weighted by molar-refractivity contribution is 6.04. The van der Waals surface area contributed by atoms with Crippen molar-refractivity contribution in [2.75, 3.05) is 0 Å². The number of fused-ring (bicyclic) bond motifs is 7. The van der Waals surface area contributed by atoms with Crippen LogP contribution in [0, 0.1) is 78.8 Å². The minimum Gasteiger partial charge on any atom is -0.299 e. The third-order valence-corrected chi connectivity index (χ3v) is 13.4. The number of hydrogen-bond donors (Lipinski definition) is 0. The van der Waals surface area contributed by atoms with E-state index in [1.807, 2.05) is 19.9 Å². The van der Waals surface area contributed by atoms with Crippen LogP contribution in [-0.2, 0) is 9.59 Å². The molecule has 0 aromatic carbocycles. The van der Waals surface area contributed by atoms with Crippen molar-refractivity contribution in [3.63, 3.8) is 0 Å². The lowest BCUT2D eigenvalue weighted by Crippen LogP contribution is -2.68. The first-order valence-corrected chi connectivity index (χ1v) is 14.7. The molecule has 4 heteroatoms. The van der Waals surface area contributed by atoms with Crippen molar-refractivity contribution in [3.05, 3.63) is 11.6 Å². The second-order valence-corrected chi connectivity index (χ2v) is 15.7. The average Bonchev–Trinajstić information content (AvgIpc) is 2.82. The predicted molar refractivity (Wildman–Crippen MR) is 144 cm³/mol. The number of ketones is 2. The summed E-state index contributed by atoms with van der Waals surface area (Å²) in [5, 5.41) is 19.4. The molecule has 0 N–H and O–H groups in total. The lowest BCUT2D eigenvalue weighted by atomic mass is 9.31. The maximum Gasteiger partial charge on any atom is 0.178 e. The maximum atomic E-state index is 14.5. The summed E-state index contributed by atoms with van der Waals surface area (Å²) in [5.41, 5.74) is -0.458. The first kappa shape index (κ1) is 26.7. The first-order chi connectivity index (χ1) is 17.1. The molecule has 8 atom stereocenters. The van der Waals surface area contributed by atoms with Gasteiger partial charge in [-0.1, -0.05) is 54.5 Å². The van der Waals surface area contributed by atoms with Gasteiger partial charge in [0.15, 0.2) is 5.78 Å².